The Morgan fingerprint density at radius 3 is 2.86 bits per heavy atom. The molecule has 1 aliphatic rings. The van der Waals surface area contributed by atoms with Crippen molar-refractivity contribution in [3.63, 3.8) is 0 Å². The number of anilines is 1. The molecule has 1 saturated carbocycles. The summed E-state index contributed by atoms with van der Waals surface area (Å²) in [6.07, 6.45) is 9.73. The average molecular weight is 485 g/mol. The maximum atomic E-state index is 11.4. The Labute approximate surface area is 205 Å². The third-order valence-corrected chi connectivity index (χ3v) is 6.62. The molecule has 4 heterocycles. The minimum atomic E-state index is -0.280. The molecule has 0 bridgehead atoms. The first kappa shape index (κ1) is 21.9. The van der Waals surface area contributed by atoms with E-state index in [0.717, 1.165) is 42.4 Å². The lowest BCUT2D eigenvalue weighted by Crippen LogP contribution is -2.21. The van der Waals surface area contributed by atoms with Crippen molar-refractivity contribution >= 4 is 23.4 Å². The number of rotatable bonds is 8. The number of nitrogens with zero attached hydrogens (tertiary/aromatic N) is 10. The number of tetrazole rings is 1. The second kappa shape index (κ2) is 8.91. The van der Waals surface area contributed by atoms with Crippen LogP contribution in [0.15, 0.2) is 42.9 Å². The molecule has 0 saturated heterocycles. The number of aldehydes is 1. The van der Waals surface area contributed by atoms with Crippen LogP contribution < -0.4 is 5.32 Å². The SMILES string of the molecule is CC1(C=O)CCC(Nc2ncc3nnn(-c4ccc(-c5cnn(CCc6nn[nH]n6)c5)cc4)c3n2)C1. The highest BCUT2D eigenvalue weighted by molar-refractivity contribution is 5.72. The van der Waals surface area contributed by atoms with Gasteiger partial charge in [-0.25, -0.2) is 4.98 Å². The van der Waals surface area contributed by atoms with Crippen molar-refractivity contribution < 1.29 is 4.79 Å². The number of carbonyl (C=O) groups excluding carboxylic acids is 1. The van der Waals surface area contributed by atoms with Crippen LogP contribution in [0.3, 0.4) is 0 Å². The number of aromatic amines is 1. The number of hydrogen-bond acceptors (Lipinski definition) is 10. The molecule has 13 nitrogen and oxygen atoms in total. The summed E-state index contributed by atoms with van der Waals surface area (Å²) in [5.41, 5.74) is 3.82. The maximum absolute atomic E-state index is 11.4. The zero-order valence-electron chi connectivity index (χ0n) is 19.6. The first-order valence-corrected chi connectivity index (χ1v) is 11.8. The summed E-state index contributed by atoms with van der Waals surface area (Å²) in [5.74, 6) is 1.16. The Kier molecular flexibility index (Phi) is 5.43. The van der Waals surface area contributed by atoms with Crippen molar-refractivity contribution in [1.29, 1.82) is 0 Å². The van der Waals surface area contributed by atoms with Gasteiger partial charge in [-0.1, -0.05) is 29.5 Å². The van der Waals surface area contributed by atoms with Crippen molar-refractivity contribution in [3.8, 4) is 16.8 Å². The molecule has 0 spiro atoms. The summed E-state index contributed by atoms with van der Waals surface area (Å²) in [7, 11) is 0. The molecule has 2 unspecified atom stereocenters. The number of hydrogen-bond donors (Lipinski definition) is 2. The fourth-order valence-electron chi connectivity index (χ4n) is 4.59. The predicted octanol–water partition coefficient (Wildman–Crippen LogP) is 2.00. The number of fused-ring (bicyclic) bond motifs is 1. The summed E-state index contributed by atoms with van der Waals surface area (Å²) in [6.45, 7) is 2.66. The van der Waals surface area contributed by atoms with E-state index in [-0.39, 0.29) is 11.5 Å². The Bertz CT molecular complexity index is 1490. The molecule has 182 valence electrons. The summed E-state index contributed by atoms with van der Waals surface area (Å²) >= 11 is 0. The van der Waals surface area contributed by atoms with Crippen LogP contribution in [0.4, 0.5) is 5.95 Å². The van der Waals surface area contributed by atoms with Crippen molar-refractivity contribution in [2.24, 2.45) is 5.41 Å². The van der Waals surface area contributed by atoms with E-state index in [2.05, 4.69) is 51.3 Å². The van der Waals surface area contributed by atoms with Crippen LogP contribution in [-0.2, 0) is 17.8 Å². The van der Waals surface area contributed by atoms with E-state index >= 15 is 0 Å². The fraction of sp³-hybridized carbons (Fsp3) is 0.348. The predicted molar refractivity (Wildman–Crippen MR) is 129 cm³/mol. The van der Waals surface area contributed by atoms with Crippen molar-refractivity contribution in [1.82, 2.24) is 55.4 Å². The van der Waals surface area contributed by atoms with Crippen LogP contribution in [0.25, 0.3) is 28.0 Å². The molecule has 2 atom stereocenters. The quantitative estimate of drug-likeness (QED) is 0.312. The van der Waals surface area contributed by atoms with Crippen LogP contribution in [0.2, 0.25) is 0 Å². The molecular formula is C23H24N12O. The third kappa shape index (κ3) is 4.30. The zero-order chi connectivity index (χ0) is 24.5. The van der Waals surface area contributed by atoms with Gasteiger partial charge in [-0.15, -0.1) is 15.3 Å². The second-order valence-electron chi connectivity index (χ2n) is 9.38. The van der Waals surface area contributed by atoms with Crippen molar-refractivity contribution in [2.75, 3.05) is 5.32 Å². The number of carbonyl (C=O) groups is 1. The van der Waals surface area contributed by atoms with Crippen LogP contribution in [0.5, 0.6) is 0 Å². The van der Waals surface area contributed by atoms with Gasteiger partial charge in [-0.05, 0) is 37.0 Å². The van der Waals surface area contributed by atoms with Gasteiger partial charge >= 0.3 is 0 Å². The minimum Gasteiger partial charge on any atom is -0.351 e. The van der Waals surface area contributed by atoms with Gasteiger partial charge in [0.2, 0.25) is 5.95 Å². The first-order valence-electron chi connectivity index (χ1n) is 11.8. The van der Waals surface area contributed by atoms with E-state index in [9.17, 15) is 4.79 Å². The van der Waals surface area contributed by atoms with Crippen LogP contribution in [0.1, 0.15) is 32.0 Å². The summed E-state index contributed by atoms with van der Waals surface area (Å²) in [6, 6.07) is 8.14. The van der Waals surface area contributed by atoms with Crippen molar-refractivity contribution in [3.05, 3.63) is 48.7 Å². The molecule has 0 amide bonds. The van der Waals surface area contributed by atoms with Gasteiger partial charge in [0.25, 0.3) is 0 Å². The van der Waals surface area contributed by atoms with E-state index in [1.807, 2.05) is 48.3 Å². The molecule has 1 aliphatic carbocycles. The lowest BCUT2D eigenvalue weighted by molar-refractivity contribution is -0.115. The van der Waals surface area contributed by atoms with Gasteiger partial charge in [0.1, 0.15) is 6.29 Å². The number of nitrogens with one attached hydrogen (secondary N) is 2. The molecule has 0 radical (unpaired) electrons. The van der Waals surface area contributed by atoms with E-state index in [4.69, 9.17) is 0 Å². The van der Waals surface area contributed by atoms with Gasteiger partial charge in [-0.2, -0.15) is 20.0 Å². The van der Waals surface area contributed by atoms with Gasteiger partial charge in [-0.3, -0.25) is 4.68 Å². The second-order valence-corrected chi connectivity index (χ2v) is 9.38. The van der Waals surface area contributed by atoms with Gasteiger partial charge in [0, 0.05) is 36.2 Å². The van der Waals surface area contributed by atoms with Gasteiger partial charge in [0.15, 0.2) is 17.0 Å². The van der Waals surface area contributed by atoms with Gasteiger partial charge in [0.05, 0.1) is 18.1 Å². The molecular weight excluding hydrogens is 460 g/mol. The minimum absolute atomic E-state index is 0.161. The number of aromatic nitrogens is 11. The van der Waals surface area contributed by atoms with E-state index < -0.39 is 0 Å². The first-order chi connectivity index (χ1) is 17.6. The van der Waals surface area contributed by atoms with Gasteiger partial charge < -0.3 is 10.1 Å². The summed E-state index contributed by atoms with van der Waals surface area (Å²) in [4.78, 5) is 20.4. The lowest BCUT2D eigenvalue weighted by Gasteiger charge is -2.16. The normalized spacial score (nSPS) is 19.6. The molecule has 0 aliphatic heterocycles. The molecule has 4 aromatic heterocycles. The largest absolute Gasteiger partial charge is 0.351 e. The van der Waals surface area contributed by atoms with Crippen LogP contribution in [-0.4, -0.2) is 67.7 Å². The maximum Gasteiger partial charge on any atom is 0.225 e. The Balaban J connectivity index is 1.18. The zero-order valence-corrected chi connectivity index (χ0v) is 19.6. The Morgan fingerprint density at radius 2 is 2.08 bits per heavy atom. The number of H-pyrrole nitrogens is 1. The van der Waals surface area contributed by atoms with Crippen LogP contribution in [0, 0.1) is 5.41 Å². The molecule has 13 heteroatoms. The summed E-state index contributed by atoms with van der Waals surface area (Å²) in [5, 5.41) is 30.3. The average Bonchev–Trinajstić information content (AvgIpc) is 3.70. The summed E-state index contributed by atoms with van der Waals surface area (Å²) < 4.78 is 3.56. The number of benzene rings is 1. The smallest absolute Gasteiger partial charge is 0.225 e. The highest BCUT2D eigenvalue weighted by atomic mass is 16.1. The third-order valence-electron chi connectivity index (χ3n) is 6.62. The molecule has 1 aromatic carbocycles. The molecule has 6 rings (SSSR count). The highest BCUT2D eigenvalue weighted by Gasteiger charge is 2.35. The molecule has 1 fully saturated rings. The lowest BCUT2D eigenvalue weighted by atomic mass is 9.91. The Hall–Kier alpha value is -4.55. The topological polar surface area (TPSA) is 158 Å². The standard InChI is InChI=1S/C23H24N12O/c1-23(14-36)8-6-17(10-23)26-22-24-12-19-21(27-22)35(33-28-19)18-4-2-15(3-5-18)16-11-25-34(13-16)9-7-20-29-31-32-30-20/h2-5,11-14,17H,6-10H2,1H3,(H,24,26,27)(H,29,30,31,32). The van der Waals surface area contributed by atoms with E-state index in [1.165, 1.54) is 0 Å². The van der Waals surface area contributed by atoms with E-state index in [0.29, 0.717) is 35.9 Å². The highest BCUT2D eigenvalue weighted by Crippen LogP contribution is 2.36. The van der Waals surface area contributed by atoms with Crippen LogP contribution >= 0.6 is 0 Å². The monoisotopic (exact) mass is 484 g/mol. The molecule has 2 N–H and O–H groups in total. The fourth-order valence-corrected chi connectivity index (χ4v) is 4.59. The number of aryl methyl sites for hydroxylation is 2. The van der Waals surface area contributed by atoms with Crippen molar-refractivity contribution in [2.45, 2.75) is 45.2 Å². The van der Waals surface area contributed by atoms with E-state index in [1.54, 1.807) is 10.9 Å². The molecule has 36 heavy (non-hydrogen) atoms. The Morgan fingerprint density at radius 1 is 1.19 bits per heavy atom. The molecule has 5 aromatic rings.